The molecular weight excluding hydrogens is 412 g/mol. The Morgan fingerprint density at radius 2 is 1.79 bits per heavy atom. The van der Waals surface area contributed by atoms with Crippen LogP contribution in [0.2, 0.25) is 0 Å². The zero-order chi connectivity index (χ0) is 22.7. The van der Waals surface area contributed by atoms with Crippen molar-refractivity contribution >= 4 is 22.8 Å². The van der Waals surface area contributed by atoms with Crippen molar-refractivity contribution in [1.82, 2.24) is 20.5 Å². The molecule has 3 amide bonds. The lowest BCUT2D eigenvalue weighted by Gasteiger charge is -2.40. The lowest BCUT2D eigenvalue weighted by atomic mass is 9.74. The third-order valence-corrected chi connectivity index (χ3v) is 7.21. The van der Waals surface area contributed by atoms with Crippen LogP contribution in [0.25, 0.3) is 10.9 Å². The fourth-order valence-electron chi connectivity index (χ4n) is 5.44. The maximum absolute atomic E-state index is 12.9. The Morgan fingerprint density at radius 1 is 0.970 bits per heavy atom. The van der Waals surface area contributed by atoms with Gasteiger partial charge in [-0.1, -0.05) is 48.5 Å². The fraction of sp³-hybridized carbons (Fsp3) is 0.370. The Hall–Kier alpha value is -3.25. The van der Waals surface area contributed by atoms with Crippen molar-refractivity contribution in [2.45, 2.75) is 44.2 Å². The highest BCUT2D eigenvalue weighted by Gasteiger charge is 2.51. The molecule has 1 unspecified atom stereocenters. The molecule has 1 atom stereocenters. The van der Waals surface area contributed by atoms with Gasteiger partial charge in [0.1, 0.15) is 5.54 Å². The Kier molecular flexibility index (Phi) is 6.09. The number of aromatic nitrogens is 1. The predicted octanol–water partition coefficient (Wildman–Crippen LogP) is 4.05. The van der Waals surface area contributed by atoms with Crippen LogP contribution >= 0.6 is 0 Å². The molecule has 6 nitrogen and oxygen atoms in total. The van der Waals surface area contributed by atoms with Crippen LogP contribution in [0.1, 0.15) is 36.8 Å². The summed E-state index contributed by atoms with van der Waals surface area (Å²) in [5.74, 6) is -0.00569. The molecule has 5 rings (SSSR count). The monoisotopic (exact) mass is 442 g/mol. The van der Waals surface area contributed by atoms with Gasteiger partial charge in [0, 0.05) is 18.1 Å². The number of nitrogens with one attached hydrogen (secondary N) is 2. The summed E-state index contributed by atoms with van der Waals surface area (Å²) in [6.45, 7) is 2.70. The number of amides is 3. The van der Waals surface area contributed by atoms with Crippen LogP contribution in [0, 0.1) is 5.92 Å². The molecule has 2 N–H and O–H groups in total. The number of carbonyl (C=O) groups is 2. The molecule has 2 aromatic carbocycles. The SMILES string of the molecule is O=C1NC(=O)C(CCCc2ccccc2)(C2CCN(Cc3ccc4cccnc4c3)CC2)N1. The molecule has 0 spiro atoms. The number of nitrogens with zero attached hydrogens (tertiary/aromatic N) is 2. The van der Waals surface area contributed by atoms with E-state index in [1.54, 1.807) is 0 Å². The highest BCUT2D eigenvalue weighted by atomic mass is 16.2. The van der Waals surface area contributed by atoms with E-state index in [0.29, 0.717) is 6.42 Å². The van der Waals surface area contributed by atoms with E-state index >= 15 is 0 Å². The average Bonchev–Trinajstić information content (AvgIpc) is 3.14. The highest BCUT2D eigenvalue weighted by Crippen LogP contribution is 2.35. The lowest BCUT2D eigenvalue weighted by molar-refractivity contribution is -0.127. The number of aryl methyl sites for hydroxylation is 1. The molecule has 2 aliphatic heterocycles. The number of fused-ring (bicyclic) bond motifs is 1. The van der Waals surface area contributed by atoms with Crippen molar-refractivity contribution in [3.63, 3.8) is 0 Å². The summed E-state index contributed by atoms with van der Waals surface area (Å²) in [5, 5.41) is 6.70. The molecular formula is C27H30N4O2. The number of imide groups is 1. The van der Waals surface area contributed by atoms with E-state index in [4.69, 9.17) is 0 Å². The number of rotatable bonds is 7. The van der Waals surface area contributed by atoms with E-state index in [-0.39, 0.29) is 17.9 Å². The normalized spacial score (nSPS) is 21.8. The minimum atomic E-state index is -0.787. The first-order chi connectivity index (χ1) is 16.1. The summed E-state index contributed by atoms with van der Waals surface area (Å²) in [6.07, 6.45) is 6.05. The zero-order valence-corrected chi connectivity index (χ0v) is 18.8. The molecule has 2 fully saturated rings. The van der Waals surface area contributed by atoms with Gasteiger partial charge < -0.3 is 5.32 Å². The van der Waals surface area contributed by atoms with Crippen LogP contribution < -0.4 is 10.6 Å². The smallest absolute Gasteiger partial charge is 0.322 e. The van der Waals surface area contributed by atoms with Crippen LogP contribution in [0.4, 0.5) is 4.79 Å². The van der Waals surface area contributed by atoms with Gasteiger partial charge in [-0.2, -0.15) is 0 Å². The second-order valence-electron chi connectivity index (χ2n) is 9.30. The molecule has 170 valence electrons. The topological polar surface area (TPSA) is 74.3 Å². The number of likely N-dealkylation sites (tertiary alicyclic amines) is 1. The quantitative estimate of drug-likeness (QED) is 0.542. The van der Waals surface area contributed by atoms with Gasteiger partial charge in [-0.25, -0.2) is 4.79 Å². The van der Waals surface area contributed by atoms with E-state index < -0.39 is 5.54 Å². The van der Waals surface area contributed by atoms with Crippen molar-refractivity contribution in [3.8, 4) is 0 Å². The molecule has 33 heavy (non-hydrogen) atoms. The van der Waals surface area contributed by atoms with E-state index in [0.717, 1.165) is 56.2 Å². The van der Waals surface area contributed by atoms with E-state index in [9.17, 15) is 9.59 Å². The third-order valence-electron chi connectivity index (χ3n) is 7.21. The van der Waals surface area contributed by atoms with E-state index in [2.05, 4.69) is 56.9 Å². The van der Waals surface area contributed by atoms with E-state index in [1.807, 2.05) is 30.5 Å². The van der Waals surface area contributed by atoms with Crippen molar-refractivity contribution < 1.29 is 9.59 Å². The maximum Gasteiger partial charge on any atom is 0.322 e. The van der Waals surface area contributed by atoms with Gasteiger partial charge in [0.2, 0.25) is 0 Å². The number of hydrogen-bond acceptors (Lipinski definition) is 4. The molecule has 1 aromatic heterocycles. The van der Waals surface area contributed by atoms with Crippen molar-refractivity contribution in [1.29, 1.82) is 0 Å². The van der Waals surface area contributed by atoms with Crippen LogP contribution in [-0.2, 0) is 17.8 Å². The standard InChI is InChI=1S/C27H30N4O2/c32-25-27(30-26(33)29-25,14-4-8-20-6-2-1-3-7-20)23-12-16-31(17-13-23)19-21-10-11-22-9-5-15-28-24(22)18-21/h1-3,5-7,9-11,15,18,23H,4,8,12-14,16-17,19H2,(H2,29,30,32,33). The molecule has 2 aliphatic rings. The van der Waals surface area contributed by atoms with Gasteiger partial charge >= 0.3 is 6.03 Å². The Bertz CT molecular complexity index is 1140. The molecule has 0 bridgehead atoms. The van der Waals surface area contributed by atoms with Gasteiger partial charge in [-0.05, 0) is 74.4 Å². The van der Waals surface area contributed by atoms with Crippen LogP contribution in [-0.4, -0.2) is 40.5 Å². The van der Waals surface area contributed by atoms with Crippen molar-refractivity contribution in [2.75, 3.05) is 13.1 Å². The zero-order valence-electron chi connectivity index (χ0n) is 18.8. The minimum absolute atomic E-state index is 0.147. The molecule has 6 heteroatoms. The number of carbonyl (C=O) groups excluding carboxylic acids is 2. The number of urea groups is 1. The molecule has 2 saturated heterocycles. The number of piperidine rings is 1. The summed E-state index contributed by atoms with van der Waals surface area (Å²) in [6, 6.07) is 20.5. The Labute approximate surface area is 194 Å². The molecule has 0 saturated carbocycles. The number of pyridine rings is 1. The highest BCUT2D eigenvalue weighted by molar-refractivity contribution is 6.07. The number of benzene rings is 2. The lowest BCUT2D eigenvalue weighted by Crippen LogP contribution is -2.56. The van der Waals surface area contributed by atoms with Gasteiger partial charge in [0.25, 0.3) is 5.91 Å². The second kappa shape index (κ2) is 9.32. The fourth-order valence-corrected chi connectivity index (χ4v) is 5.44. The molecule has 3 heterocycles. The first-order valence-electron chi connectivity index (χ1n) is 11.9. The van der Waals surface area contributed by atoms with Crippen molar-refractivity contribution in [3.05, 3.63) is 78.0 Å². The Balaban J connectivity index is 1.22. The summed E-state index contributed by atoms with van der Waals surface area (Å²) in [5.41, 5.74) is 2.75. The van der Waals surface area contributed by atoms with Crippen LogP contribution in [0.5, 0.6) is 0 Å². The van der Waals surface area contributed by atoms with E-state index in [1.165, 1.54) is 11.1 Å². The summed E-state index contributed by atoms with van der Waals surface area (Å²) < 4.78 is 0. The first-order valence-corrected chi connectivity index (χ1v) is 11.9. The average molecular weight is 443 g/mol. The molecule has 3 aromatic rings. The Morgan fingerprint density at radius 3 is 2.55 bits per heavy atom. The van der Waals surface area contributed by atoms with Gasteiger partial charge in [-0.15, -0.1) is 0 Å². The van der Waals surface area contributed by atoms with Gasteiger partial charge in [0.05, 0.1) is 5.52 Å². The number of hydrogen-bond donors (Lipinski definition) is 2. The van der Waals surface area contributed by atoms with Crippen LogP contribution in [0.3, 0.4) is 0 Å². The summed E-state index contributed by atoms with van der Waals surface area (Å²) in [7, 11) is 0. The first kappa shape index (κ1) is 21.6. The summed E-state index contributed by atoms with van der Waals surface area (Å²) >= 11 is 0. The van der Waals surface area contributed by atoms with Crippen LogP contribution in [0.15, 0.2) is 66.9 Å². The largest absolute Gasteiger partial charge is 0.323 e. The maximum atomic E-state index is 12.9. The minimum Gasteiger partial charge on any atom is -0.323 e. The summed E-state index contributed by atoms with van der Waals surface area (Å²) in [4.78, 5) is 31.9. The predicted molar refractivity (Wildman–Crippen MR) is 129 cm³/mol. The second-order valence-corrected chi connectivity index (χ2v) is 9.30. The molecule has 0 radical (unpaired) electrons. The molecule has 0 aliphatic carbocycles. The third kappa shape index (κ3) is 4.62. The van der Waals surface area contributed by atoms with Crippen molar-refractivity contribution in [2.24, 2.45) is 5.92 Å². The van der Waals surface area contributed by atoms with Gasteiger partial charge in [-0.3, -0.25) is 20.0 Å². The van der Waals surface area contributed by atoms with Gasteiger partial charge in [0.15, 0.2) is 0 Å².